The molecule has 146 valence electrons. The Hall–Kier alpha value is -1.82. The second-order valence-corrected chi connectivity index (χ2v) is 9.48. The highest BCUT2D eigenvalue weighted by Gasteiger charge is 2.60. The summed E-state index contributed by atoms with van der Waals surface area (Å²) in [7, 11) is 0. The molecule has 4 saturated carbocycles. The van der Waals surface area contributed by atoms with Gasteiger partial charge in [-0.1, -0.05) is 0 Å². The van der Waals surface area contributed by atoms with E-state index in [1.165, 1.54) is 12.7 Å². The van der Waals surface area contributed by atoms with Crippen LogP contribution in [0.25, 0.3) is 0 Å². The summed E-state index contributed by atoms with van der Waals surface area (Å²) < 4.78 is 5.20. The van der Waals surface area contributed by atoms with Gasteiger partial charge >= 0.3 is 0 Å². The Kier molecular flexibility index (Phi) is 3.90. The third-order valence-corrected chi connectivity index (χ3v) is 7.36. The van der Waals surface area contributed by atoms with Crippen LogP contribution in [0.2, 0.25) is 0 Å². The van der Waals surface area contributed by atoms with E-state index in [9.17, 15) is 14.7 Å². The summed E-state index contributed by atoms with van der Waals surface area (Å²) in [4.78, 5) is 27.4. The average molecular weight is 372 g/mol. The zero-order chi connectivity index (χ0) is 18.6. The highest BCUT2D eigenvalue weighted by molar-refractivity contribution is 5.91. The van der Waals surface area contributed by atoms with Gasteiger partial charge in [0.05, 0.1) is 17.3 Å². The lowest BCUT2D eigenvalue weighted by molar-refractivity contribution is -0.178. The molecule has 0 spiro atoms. The third kappa shape index (κ3) is 2.98. The van der Waals surface area contributed by atoms with Gasteiger partial charge in [0.25, 0.3) is 5.91 Å². The summed E-state index contributed by atoms with van der Waals surface area (Å²) in [5.74, 6) is 1.46. The molecule has 2 N–H and O–H groups in total. The first kappa shape index (κ1) is 17.3. The Morgan fingerprint density at radius 3 is 2.44 bits per heavy atom. The van der Waals surface area contributed by atoms with E-state index in [0.717, 1.165) is 38.5 Å². The molecular formula is C21H28N2O4. The molecule has 2 heterocycles. The van der Waals surface area contributed by atoms with E-state index in [2.05, 4.69) is 5.32 Å². The van der Waals surface area contributed by atoms with Gasteiger partial charge in [0, 0.05) is 19.1 Å². The zero-order valence-corrected chi connectivity index (χ0v) is 15.7. The Morgan fingerprint density at radius 1 is 1.15 bits per heavy atom. The lowest BCUT2D eigenvalue weighted by Crippen LogP contribution is -2.61. The fourth-order valence-corrected chi connectivity index (χ4v) is 6.60. The van der Waals surface area contributed by atoms with Crippen molar-refractivity contribution < 1.29 is 19.1 Å². The van der Waals surface area contributed by atoms with E-state index in [1.807, 2.05) is 0 Å². The van der Waals surface area contributed by atoms with E-state index >= 15 is 0 Å². The fourth-order valence-electron chi connectivity index (χ4n) is 6.60. The smallest absolute Gasteiger partial charge is 0.289 e. The molecule has 2 unspecified atom stereocenters. The van der Waals surface area contributed by atoms with Gasteiger partial charge in [-0.05, 0) is 75.3 Å². The molecule has 1 saturated heterocycles. The fraction of sp³-hybridized carbons (Fsp3) is 0.714. The van der Waals surface area contributed by atoms with E-state index < -0.39 is 5.60 Å². The summed E-state index contributed by atoms with van der Waals surface area (Å²) in [6.45, 7) is 1.26. The number of rotatable bonds is 3. The molecule has 1 aromatic heterocycles. The highest BCUT2D eigenvalue weighted by atomic mass is 16.3. The number of piperidine rings is 1. The van der Waals surface area contributed by atoms with Crippen LogP contribution in [0.4, 0.5) is 0 Å². The maximum absolute atomic E-state index is 13.2. The van der Waals surface area contributed by atoms with Gasteiger partial charge in [0.2, 0.25) is 5.91 Å². The second-order valence-electron chi connectivity index (χ2n) is 9.48. The maximum atomic E-state index is 13.2. The van der Waals surface area contributed by atoms with Crippen LogP contribution in [0.15, 0.2) is 22.8 Å². The molecule has 4 bridgehead atoms. The van der Waals surface area contributed by atoms with Crippen LogP contribution in [0.3, 0.4) is 0 Å². The molecule has 0 radical (unpaired) electrons. The molecule has 2 amide bonds. The van der Waals surface area contributed by atoms with Crippen LogP contribution in [-0.4, -0.2) is 46.6 Å². The van der Waals surface area contributed by atoms with Crippen molar-refractivity contribution in [1.29, 1.82) is 0 Å². The van der Waals surface area contributed by atoms with Gasteiger partial charge < -0.3 is 19.7 Å². The lowest BCUT2D eigenvalue weighted by atomic mass is 9.47. The number of furan rings is 1. The van der Waals surface area contributed by atoms with E-state index in [4.69, 9.17) is 4.42 Å². The number of hydrogen-bond donors (Lipinski definition) is 2. The molecule has 0 aromatic carbocycles. The molecule has 2 atom stereocenters. The van der Waals surface area contributed by atoms with Gasteiger partial charge in [-0.25, -0.2) is 0 Å². The van der Waals surface area contributed by atoms with E-state index in [0.29, 0.717) is 37.1 Å². The number of carbonyl (C=O) groups excluding carboxylic acids is 2. The van der Waals surface area contributed by atoms with Crippen molar-refractivity contribution in [3.8, 4) is 0 Å². The van der Waals surface area contributed by atoms with Gasteiger partial charge in [-0.15, -0.1) is 0 Å². The van der Waals surface area contributed by atoms with Crippen LogP contribution in [-0.2, 0) is 4.79 Å². The Morgan fingerprint density at radius 2 is 1.85 bits per heavy atom. The van der Waals surface area contributed by atoms with Crippen LogP contribution in [0.5, 0.6) is 0 Å². The molecule has 1 aromatic rings. The second kappa shape index (κ2) is 6.09. The number of amides is 2. The molecule has 6 nitrogen and oxygen atoms in total. The number of carbonyl (C=O) groups is 2. The highest BCUT2D eigenvalue weighted by Crippen LogP contribution is 2.61. The molecule has 1 aliphatic heterocycles. The van der Waals surface area contributed by atoms with Crippen molar-refractivity contribution in [2.45, 2.75) is 63.0 Å². The third-order valence-electron chi connectivity index (χ3n) is 7.36. The SMILES string of the molecule is O=C(c1ccco1)N1CCC(NC(=O)C23CC4CC(CC(O)(C4)C2)C3)CC1. The molecule has 5 fully saturated rings. The number of nitrogens with one attached hydrogen (secondary N) is 1. The minimum absolute atomic E-state index is 0.0758. The van der Waals surface area contributed by atoms with Crippen molar-refractivity contribution in [3.63, 3.8) is 0 Å². The predicted molar refractivity (Wildman–Crippen MR) is 97.8 cm³/mol. The van der Waals surface area contributed by atoms with E-state index in [-0.39, 0.29) is 23.3 Å². The molecule has 6 rings (SSSR count). The first-order chi connectivity index (χ1) is 12.9. The summed E-state index contributed by atoms with van der Waals surface area (Å²) in [6.07, 6.45) is 8.51. The topological polar surface area (TPSA) is 82.8 Å². The van der Waals surface area contributed by atoms with Gasteiger partial charge in [-0.2, -0.15) is 0 Å². The number of nitrogens with zero attached hydrogens (tertiary/aromatic N) is 1. The summed E-state index contributed by atoms with van der Waals surface area (Å²) in [6, 6.07) is 3.52. The maximum Gasteiger partial charge on any atom is 0.289 e. The number of aliphatic hydroxyl groups is 1. The first-order valence-electron chi connectivity index (χ1n) is 10.3. The van der Waals surface area contributed by atoms with Crippen molar-refractivity contribution in [1.82, 2.24) is 10.2 Å². The standard InChI is InChI=1S/C21H28N2O4/c24-18(17-2-1-7-27-17)23-5-3-16(4-6-23)22-19(25)20-9-14-8-15(10-20)12-21(26,11-14)13-20/h1-2,7,14-16,26H,3-6,8-13H2,(H,22,25). The van der Waals surface area contributed by atoms with Crippen molar-refractivity contribution in [3.05, 3.63) is 24.2 Å². The lowest BCUT2D eigenvalue weighted by Gasteiger charge is -2.59. The van der Waals surface area contributed by atoms with E-state index in [1.54, 1.807) is 17.0 Å². The van der Waals surface area contributed by atoms with Crippen LogP contribution in [0.1, 0.15) is 61.9 Å². The molecule has 4 aliphatic carbocycles. The molecule has 27 heavy (non-hydrogen) atoms. The van der Waals surface area contributed by atoms with Crippen LogP contribution >= 0.6 is 0 Å². The van der Waals surface area contributed by atoms with Crippen LogP contribution in [0, 0.1) is 17.3 Å². The monoisotopic (exact) mass is 372 g/mol. The molecule has 6 heteroatoms. The van der Waals surface area contributed by atoms with Crippen molar-refractivity contribution in [2.75, 3.05) is 13.1 Å². The Bertz CT molecular complexity index is 721. The number of hydrogen-bond acceptors (Lipinski definition) is 4. The quantitative estimate of drug-likeness (QED) is 0.853. The summed E-state index contributed by atoms with van der Waals surface area (Å²) in [5.41, 5.74) is -0.972. The summed E-state index contributed by atoms with van der Waals surface area (Å²) >= 11 is 0. The molecule has 5 aliphatic rings. The normalized spacial score (nSPS) is 38.2. The minimum atomic E-state index is -0.611. The van der Waals surface area contributed by atoms with Crippen LogP contribution < -0.4 is 5.32 Å². The largest absolute Gasteiger partial charge is 0.459 e. The average Bonchev–Trinajstić information content (AvgIpc) is 3.14. The van der Waals surface area contributed by atoms with Gasteiger partial charge in [-0.3, -0.25) is 9.59 Å². The van der Waals surface area contributed by atoms with Crippen molar-refractivity contribution in [2.24, 2.45) is 17.3 Å². The predicted octanol–water partition coefficient (Wildman–Crippen LogP) is 2.33. The Labute approximate surface area is 159 Å². The van der Waals surface area contributed by atoms with Gasteiger partial charge in [0.1, 0.15) is 0 Å². The summed E-state index contributed by atoms with van der Waals surface area (Å²) in [5, 5.41) is 14.2. The van der Waals surface area contributed by atoms with Crippen molar-refractivity contribution >= 4 is 11.8 Å². The van der Waals surface area contributed by atoms with Gasteiger partial charge in [0.15, 0.2) is 5.76 Å². The first-order valence-corrected chi connectivity index (χ1v) is 10.3. The Balaban J connectivity index is 1.20. The zero-order valence-electron chi connectivity index (χ0n) is 15.7. The number of likely N-dealkylation sites (tertiary alicyclic amines) is 1. The molecular weight excluding hydrogens is 344 g/mol. The minimum Gasteiger partial charge on any atom is -0.459 e.